The standard InChI is InChI=1S/C12H12F3N.2ClH/c13-12(14,15)11-3-1-2-10(8-11)9-4-6-16-7-5-9;;/h1-4,8,16H,5-7H2;2*1H/p-1. The van der Waals surface area contributed by atoms with Crippen LogP contribution in [0.25, 0.3) is 5.57 Å². The van der Waals surface area contributed by atoms with Gasteiger partial charge in [-0.05, 0) is 36.2 Å². The van der Waals surface area contributed by atoms with Gasteiger partial charge in [0, 0.05) is 6.54 Å². The van der Waals surface area contributed by atoms with Crippen molar-refractivity contribution in [3.8, 4) is 0 Å². The summed E-state index contributed by atoms with van der Waals surface area (Å²) in [6, 6.07) is 5.51. The molecule has 1 aromatic carbocycles. The van der Waals surface area contributed by atoms with E-state index in [0.717, 1.165) is 31.1 Å². The van der Waals surface area contributed by atoms with Gasteiger partial charge in [0.1, 0.15) is 0 Å². The summed E-state index contributed by atoms with van der Waals surface area (Å²) in [4.78, 5) is 0. The van der Waals surface area contributed by atoms with Crippen LogP contribution in [0, 0.1) is 0 Å². The summed E-state index contributed by atoms with van der Waals surface area (Å²) in [6.45, 7) is 1.55. The van der Waals surface area contributed by atoms with Crippen LogP contribution >= 0.6 is 12.4 Å². The number of rotatable bonds is 1. The van der Waals surface area contributed by atoms with Crippen molar-refractivity contribution in [3.63, 3.8) is 0 Å². The quantitative estimate of drug-likeness (QED) is 0.797. The van der Waals surface area contributed by atoms with Gasteiger partial charge >= 0.3 is 6.18 Å². The van der Waals surface area contributed by atoms with Crippen LogP contribution in [0.4, 0.5) is 13.2 Å². The number of hydrogen-bond acceptors (Lipinski definition) is 1. The summed E-state index contributed by atoms with van der Waals surface area (Å²) in [5.41, 5.74) is 1.09. The molecular formula is C12H13Cl2F3N-. The first kappa shape index (κ1) is 17.3. The average Bonchev–Trinajstić information content (AvgIpc) is 2.29. The second kappa shape index (κ2) is 7.02. The fraction of sp³-hybridized carbons (Fsp3) is 0.333. The van der Waals surface area contributed by atoms with E-state index in [1.54, 1.807) is 6.07 Å². The van der Waals surface area contributed by atoms with Crippen LogP contribution < -0.4 is 17.7 Å². The maximum atomic E-state index is 12.5. The Morgan fingerprint density at radius 2 is 1.89 bits per heavy atom. The first-order valence-corrected chi connectivity index (χ1v) is 5.15. The lowest BCUT2D eigenvalue weighted by Crippen LogP contribution is -3.00. The number of hydrogen-bond donors (Lipinski definition) is 1. The van der Waals surface area contributed by atoms with Crippen molar-refractivity contribution in [2.75, 3.05) is 13.1 Å². The monoisotopic (exact) mass is 298 g/mol. The fourth-order valence-corrected chi connectivity index (χ4v) is 1.78. The summed E-state index contributed by atoms with van der Waals surface area (Å²) >= 11 is 0. The Bertz CT molecular complexity index is 416. The molecule has 1 aliphatic heterocycles. The molecule has 0 fully saturated rings. The van der Waals surface area contributed by atoms with E-state index in [1.165, 1.54) is 12.1 Å². The van der Waals surface area contributed by atoms with Crippen molar-refractivity contribution in [2.45, 2.75) is 12.6 Å². The largest absolute Gasteiger partial charge is 1.00 e. The summed E-state index contributed by atoms with van der Waals surface area (Å²) < 4.78 is 37.5. The van der Waals surface area contributed by atoms with Crippen LogP contribution in [0.15, 0.2) is 30.3 Å². The van der Waals surface area contributed by atoms with Gasteiger partial charge in [-0.3, -0.25) is 0 Å². The second-order valence-electron chi connectivity index (χ2n) is 3.76. The Kier molecular flexibility index (Phi) is 6.74. The zero-order chi connectivity index (χ0) is 11.6. The van der Waals surface area contributed by atoms with Gasteiger partial charge in [-0.25, -0.2) is 0 Å². The Morgan fingerprint density at radius 3 is 2.44 bits per heavy atom. The highest BCUT2D eigenvalue weighted by Crippen LogP contribution is 2.31. The second-order valence-corrected chi connectivity index (χ2v) is 3.76. The molecule has 6 heteroatoms. The molecule has 18 heavy (non-hydrogen) atoms. The lowest BCUT2D eigenvalue weighted by atomic mass is 9.98. The lowest BCUT2D eigenvalue weighted by Gasteiger charge is -2.15. The molecule has 0 bridgehead atoms. The van der Waals surface area contributed by atoms with Crippen LogP contribution in [0.3, 0.4) is 0 Å². The van der Waals surface area contributed by atoms with E-state index < -0.39 is 11.7 Å². The van der Waals surface area contributed by atoms with E-state index in [2.05, 4.69) is 5.32 Å². The Morgan fingerprint density at radius 1 is 1.17 bits per heavy atom. The minimum absolute atomic E-state index is 0. The van der Waals surface area contributed by atoms with Crippen molar-refractivity contribution in [2.24, 2.45) is 0 Å². The molecule has 0 unspecified atom stereocenters. The molecule has 1 heterocycles. The Balaban J connectivity index is 0.00000144. The lowest BCUT2D eigenvalue weighted by molar-refractivity contribution is -0.137. The SMILES string of the molecule is Cl.FC(F)(F)c1cccc(C2=CCNCC2)c1.[Cl-]. The molecule has 0 aliphatic carbocycles. The average molecular weight is 299 g/mol. The van der Waals surface area contributed by atoms with Gasteiger partial charge in [0.15, 0.2) is 0 Å². The molecular weight excluding hydrogens is 286 g/mol. The summed E-state index contributed by atoms with van der Waals surface area (Å²) in [5.74, 6) is 0. The maximum Gasteiger partial charge on any atom is 0.416 e. The molecule has 0 saturated carbocycles. The van der Waals surface area contributed by atoms with Gasteiger partial charge in [-0.1, -0.05) is 18.2 Å². The number of halogens is 5. The molecule has 1 aromatic rings. The Hall–Kier alpha value is -0.710. The van der Waals surface area contributed by atoms with Crippen molar-refractivity contribution < 1.29 is 25.6 Å². The zero-order valence-corrected chi connectivity index (χ0v) is 11.0. The van der Waals surface area contributed by atoms with Crippen molar-refractivity contribution in [1.29, 1.82) is 0 Å². The summed E-state index contributed by atoms with van der Waals surface area (Å²) in [7, 11) is 0. The highest BCUT2D eigenvalue weighted by Gasteiger charge is 2.30. The number of alkyl halides is 3. The third kappa shape index (κ3) is 4.19. The van der Waals surface area contributed by atoms with Gasteiger partial charge in [-0.15, -0.1) is 12.4 Å². The van der Waals surface area contributed by atoms with Crippen molar-refractivity contribution >= 4 is 18.0 Å². The van der Waals surface area contributed by atoms with E-state index in [0.29, 0.717) is 5.56 Å². The summed E-state index contributed by atoms with van der Waals surface area (Å²) in [5, 5.41) is 3.13. The fourth-order valence-electron chi connectivity index (χ4n) is 1.78. The predicted octanol–water partition coefficient (Wildman–Crippen LogP) is 0.508. The van der Waals surface area contributed by atoms with Gasteiger partial charge in [0.05, 0.1) is 5.56 Å². The van der Waals surface area contributed by atoms with E-state index in [1.807, 2.05) is 6.08 Å². The first-order chi connectivity index (χ1) is 7.57. The molecule has 0 aromatic heterocycles. The van der Waals surface area contributed by atoms with Crippen LogP contribution in [0.5, 0.6) is 0 Å². The molecule has 0 saturated heterocycles. The predicted molar refractivity (Wildman–Crippen MR) is 64.2 cm³/mol. The third-order valence-electron chi connectivity index (χ3n) is 2.62. The van der Waals surface area contributed by atoms with Crippen LogP contribution in [0.1, 0.15) is 17.5 Å². The molecule has 0 spiro atoms. The molecule has 0 radical (unpaired) electrons. The highest BCUT2D eigenvalue weighted by atomic mass is 35.5. The van der Waals surface area contributed by atoms with Gasteiger partial charge in [-0.2, -0.15) is 13.2 Å². The van der Waals surface area contributed by atoms with Crippen molar-refractivity contribution in [3.05, 3.63) is 41.5 Å². The van der Waals surface area contributed by atoms with E-state index in [-0.39, 0.29) is 24.8 Å². The first-order valence-electron chi connectivity index (χ1n) is 5.15. The Labute approximate surface area is 116 Å². The topological polar surface area (TPSA) is 12.0 Å². The van der Waals surface area contributed by atoms with Crippen LogP contribution in [0.2, 0.25) is 0 Å². The molecule has 1 aliphatic rings. The number of benzene rings is 1. The maximum absolute atomic E-state index is 12.5. The van der Waals surface area contributed by atoms with E-state index >= 15 is 0 Å². The molecule has 0 amide bonds. The third-order valence-corrected chi connectivity index (χ3v) is 2.62. The van der Waals surface area contributed by atoms with Crippen molar-refractivity contribution in [1.82, 2.24) is 5.32 Å². The highest BCUT2D eigenvalue weighted by molar-refractivity contribution is 5.85. The van der Waals surface area contributed by atoms with E-state index in [9.17, 15) is 13.2 Å². The molecule has 1 N–H and O–H groups in total. The minimum Gasteiger partial charge on any atom is -1.00 e. The molecule has 2 rings (SSSR count). The number of nitrogens with one attached hydrogen (secondary N) is 1. The minimum atomic E-state index is -4.26. The smallest absolute Gasteiger partial charge is 0.416 e. The van der Waals surface area contributed by atoms with Gasteiger partial charge in [0.25, 0.3) is 0 Å². The normalized spacial score (nSPS) is 15.2. The van der Waals surface area contributed by atoms with Crippen LogP contribution in [-0.2, 0) is 6.18 Å². The van der Waals surface area contributed by atoms with Gasteiger partial charge in [0.2, 0.25) is 0 Å². The molecule has 102 valence electrons. The van der Waals surface area contributed by atoms with Crippen LogP contribution in [-0.4, -0.2) is 13.1 Å². The van der Waals surface area contributed by atoms with Gasteiger partial charge < -0.3 is 17.7 Å². The summed E-state index contributed by atoms with van der Waals surface area (Å²) in [6.07, 6.45) is -1.54. The molecule has 0 atom stereocenters. The van der Waals surface area contributed by atoms with E-state index in [4.69, 9.17) is 0 Å². The molecule has 1 nitrogen and oxygen atoms in total. The zero-order valence-electron chi connectivity index (χ0n) is 9.43.